The number of hydrogen-bond donors (Lipinski definition) is 0. The normalized spacial score (nSPS) is 10.4. The van der Waals surface area contributed by atoms with Crippen LogP contribution >= 0.6 is 0 Å². The molecule has 0 N–H and O–H groups in total. The molecule has 0 saturated carbocycles. The molecule has 0 atom stereocenters. The molecule has 1 aromatic heterocycles. The molecular weight excluding hydrogens is 224 g/mol. The second-order valence-corrected chi connectivity index (χ2v) is 4.63. The lowest BCUT2D eigenvalue weighted by Gasteiger charge is -2.15. The molecule has 0 aliphatic carbocycles. The van der Waals surface area contributed by atoms with Crippen molar-refractivity contribution < 1.29 is 4.79 Å². The fourth-order valence-electron chi connectivity index (χ4n) is 1.96. The first-order valence-electron chi connectivity index (χ1n) is 6.01. The molecule has 3 nitrogen and oxygen atoms in total. The summed E-state index contributed by atoms with van der Waals surface area (Å²) < 4.78 is 2.05. The number of carbonyl (C=O) groups excluding carboxylic acids is 1. The van der Waals surface area contributed by atoms with Crippen molar-refractivity contribution in [1.29, 1.82) is 0 Å². The predicted octanol–water partition coefficient (Wildman–Crippen LogP) is 2.55. The van der Waals surface area contributed by atoms with Gasteiger partial charge in [-0.15, -0.1) is 0 Å². The molecule has 18 heavy (non-hydrogen) atoms. The molecule has 0 spiro atoms. The van der Waals surface area contributed by atoms with Crippen LogP contribution in [0.1, 0.15) is 21.7 Å². The van der Waals surface area contributed by atoms with Crippen LogP contribution in [0.4, 0.5) is 0 Å². The lowest BCUT2D eigenvalue weighted by Crippen LogP contribution is -2.25. The number of amides is 1. The topological polar surface area (TPSA) is 25.2 Å². The van der Waals surface area contributed by atoms with Crippen molar-refractivity contribution in [2.75, 3.05) is 14.1 Å². The van der Waals surface area contributed by atoms with Gasteiger partial charge in [-0.05, 0) is 24.6 Å². The first-order valence-corrected chi connectivity index (χ1v) is 6.01. The lowest BCUT2D eigenvalue weighted by atomic mass is 10.2. The van der Waals surface area contributed by atoms with Gasteiger partial charge in [-0.25, -0.2) is 0 Å². The smallest absolute Gasteiger partial charge is 0.269 e. The van der Waals surface area contributed by atoms with E-state index in [-0.39, 0.29) is 5.91 Å². The van der Waals surface area contributed by atoms with Crippen LogP contribution in [0.25, 0.3) is 0 Å². The molecule has 0 saturated heterocycles. The molecule has 2 aromatic rings. The average Bonchev–Trinajstić information content (AvgIpc) is 2.71. The molecule has 0 radical (unpaired) electrons. The van der Waals surface area contributed by atoms with Crippen molar-refractivity contribution in [3.8, 4) is 0 Å². The molecular formula is C15H18N2O. The number of rotatable bonds is 3. The van der Waals surface area contributed by atoms with Crippen LogP contribution < -0.4 is 0 Å². The van der Waals surface area contributed by atoms with Crippen molar-refractivity contribution in [2.45, 2.75) is 13.5 Å². The molecule has 0 bridgehead atoms. The number of benzene rings is 1. The summed E-state index contributed by atoms with van der Waals surface area (Å²) in [6.45, 7) is 2.75. The highest BCUT2D eigenvalue weighted by molar-refractivity contribution is 5.92. The average molecular weight is 242 g/mol. The van der Waals surface area contributed by atoms with Crippen LogP contribution in [0.3, 0.4) is 0 Å². The maximum atomic E-state index is 12.1. The molecule has 2 rings (SSSR count). The molecule has 1 aromatic carbocycles. The van der Waals surface area contributed by atoms with Crippen molar-refractivity contribution in [1.82, 2.24) is 9.47 Å². The Bertz CT molecular complexity index is 541. The van der Waals surface area contributed by atoms with Gasteiger partial charge in [0.1, 0.15) is 5.69 Å². The van der Waals surface area contributed by atoms with Gasteiger partial charge in [-0.1, -0.05) is 30.3 Å². The van der Waals surface area contributed by atoms with Crippen molar-refractivity contribution >= 4 is 5.91 Å². The fourth-order valence-corrected chi connectivity index (χ4v) is 1.96. The largest absolute Gasteiger partial charge is 0.343 e. The number of hydrogen-bond acceptors (Lipinski definition) is 1. The van der Waals surface area contributed by atoms with Crippen LogP contribution in [0.5, 0.6) is 0 Å². The van der Waals surface area contributed by atoms with E-state index in [9.17, 15) is 4.79 Å². The molecule has 94 valence electrons. The molecule has 1 amide bonds. The molecule has 0 fully saturated rings. The summed E-state index contributed by atoms with van der Waals surface area (Å²) in [7, 11) is 3.55. The third kappa shape index (κ3) is 2.45. The van der Waals surface area contributed by atoms with Crippen molar-refractivity contribution in [2.24, 2.45) is 0 Å². The maximum Gasteiger partial charge on any atom is 0.269 e. The van der Waals surface area contributed by atoms with Crippen LogP contribution in [0.2, 0.25) is 0 Å². The standard InChI is InChI=1S/C15H18N2O/c1-12-9-10-14(15(18)16(2)3)17(12)11-13-7-5-4-6-8-13/h4-10H,11H2,1-3H3. The van der Waals surface area contributed by atoms with Gasteiger partial charge < -0.3 is 9.47 Å². The Balaban J connectivity index is 2.33. The van der Waals surface area contributed by atoms with Gasteiger partial charge in [0, 0.05) is 26.3 Å². The Morgan fingerprint density at radius 2 is 1.78 bits per heavy atom. The van der Waals surface area contributed by atoms with Gasteiger partial charge in [-0.2, -0.15) is 0 Å². The van der Waals surface area contributed by atoms with Crippen LogP contribution in [-0.2, 0) is 6.54 Å². The van der Waals surface area contributed by atoms with Gasteiger partial charge in [-0.3, -0.25) is 4.79 Å². The Labute approximate surface area is 108 Å². The summed E-state index contributed by atoms with van der Waals surface area (Å²) in [5.74, 6) is 0.0408. The van der Waals surface area contributed by atoms with E-state index in [1.54, 1.807) is 19.0 Å². The highest BCUT2D eigenvalue weighted by Gasteiger charge is 2.14. The quantitative estimate of drug-likeness (QED) is 0.812. The number of aromatic nitrogens is 1. The Morgan fingerprint density at radius 1 is 1.11 bits per heavy atom. The predicted molar refractivity (Wildman–Crippen MR) is 72.7 cm³/mol. The first-order chi connectivity index (χ1) is 8.59. The molecule has 1 heterocycles. The van der Waals surface area contributed by atoms with Gasteiger partial charge in [0.25, 0.3) is 5.91 Å². The van der Waals surface area contributed by atoms with E-state index in [2.05, 4.69) is 16.7 Å². The third-order valence-corrected chi connectivity index (χ3v) is 3.01. The molecule has 0 aliphatic rings. The van der Waals surface area contributed by atoms with E-state index in [0.29, 0.717) is 0 Å². The summed E-state index contributed by atoms with van der Waals surface area (Å²) in [5, 5.41) is 0. The molecule has 3 heteroatoms. The van der Waals surface area contributed by atoms with Crippen LogP contribution in [-0.4, -0.2) is 29.5 Å². The highest BCUT2D eigenvalue weighted by Crippen LogP contribution is 2.13. The zero-order valence-electron chi connectivity index (χ0n) is 11.1. The van der Waals surface area contributed by atoms with E-state index in [4.69, 9.17) is 0 Å². The SMILES string of the molecule is Cc1ccc(C(=O)N(C)C)n1Cc1ccccc1. The minimum Gasteiger partial charge on any atom is -0.343 e. The summed E-state index contributed by atoms with van der Waals surface area (Å²) in [6.07, 6.45) is 0. The number of carbonyl (C=O) groups is 1. The van der Waals surface area contributed by atoms with Gasteiger partial charge in [0.15, 0.2) is 0 Å². The Hall–Kier alpha value is -2.03. The van der Waals surface area contributed by atoms with Crippen molar-refractivity contribution in [3.05, 3.63) is 59.4 Å². The Morgan fingerprint density at radius 3 is 2.39 bits per heavy atom. The number of nitrogens with zero attached hydrogens (tertiary/aromatic N) is 2. The van der Waals surface area contributed by atoms with Crippen molar-refractivity contribution in [3.63, 3.8) is 0 Å². The summed E-state index contributed by atoms with van der Waals surface area (Å²) in [6, 6.07) is 14.0. The van der Waals surface area contributed by atoms with E-state index < -0.39 is 0 Å². The van der Waals surface area contributed by atoms with Gasteiger partial charge >= 0.3 is 0 Å². The highest BCUT2D eigenvalue weighted by atomic mass is 16.2. The zero-order chi connectivity index (χ0) is 13.1. The van der Waals surface area contributed by atoms with Gasteiger partial charge in [0.05, 0.1) is 0 Å². The summed E-state index contributed by atoms with van der Waals surface area (Å²) >= 11 is 0. The molecule has 0 unspecified atom stereocenters. The second-order valence-electron chi connectivity index (χ2n) is 4.63. The van der Waals surface area contributed by atoms with Gasteiger partial charge in [0.2, 0.25) is 0 Å². The van der Waals surface area contributed by atoms with E-state index in [1.807, 2.05) is 37.3 Å². The van der Waals surface area contributed by atoms with Crippen LogP contribution in [0.15, 0.2) is 42.5 Å². The lowest BCUT2D eigenvalue weighted by molar-refractivity contribution is 0.0817. The number of aryl methyl sites for hydroxylation is 1. The molecule has 0 aliphatic heterocycles. The summed E-state index contributed by atoms with van der Waals surface area (Å²) in [4.78, 5) is 13.7. The second kappa shape index (κ2) is 5.08. The minimum absolute atomic E-state index is 0.0408. The maximum absolute atomic E-state index is 12.1. The minimum atomic E-state index is 0.0408. The van der Waals surface area contributed by atoms with E-state index >= 15 is 0 Å². The monoisotopic (exact) mass is 242 g/mol. The zero-order valence-corrected chi connectivity index (χ0v) is 11.1. The third-order valence-electron chi connectivity index (χ3n) is 3.01. The van der Waals surface area contributed by atoms with E-state index in [0.717, 1.165) is 17.9 Å². The van der Waals surface area contributed by atoms with E-state index in [1.165, 1.54) is 5.56 Å². The van der Waals surface area contributed by atoms with Crippen LogP contribution in [0, 0.1) is 6.92 Å². The first kappa shape index (κ1) is 12.4. The summed E-state index contributed by atoms with van der Waals surface area (Å²) in [5.41, 5.74) is 3.04. The fraction of sp³-hybridized carbons (Fsp3) is 0.267. The Kier molecular flexibility index (Phi) is 3.51.